The molecule has 22 heavy (non-hydrogen) atoms. The summed E-state index contributed by atoms with van der Waals surface area (Å²) in [4.78, 5) is 20.0. The van der Waals surface area contributed by atoms with Gasteiger partial charge in [0.05, 0.1) is 25.5 Å². The van der Waals surface area contributed by atoms with Gasteiger partial charge in [0.15, 0.2) is 0 Å². The van der Waals surface area contributed by atoms with Crippen molar-refractivity contribution in [1.82, 2.24) is 15.3 Å². The number of nitrogens with one attached hydrogen (secondary N) is 2. The first-order valence-corrected chi connectivity index (χ1v) is 7.69. The number of hydrogen-bond acceptors (Lipinski definition) is 5. The number of terminal acetylenes is 1. The van der Waals surface area contributed by atoms with Crippen LogP contribution in [0.5, 0.6) is 0 Å². The molecule has 2 aromatic rings. The molecule has 0 unspecified atom stereocenters. The molecule has 0 spiro atoms. The maximum absolute atomic E-state index is 11.4. The number of nitrogens with zero attached hydrogens (tertiary/aromatic N) is 2. The number of thioether (sulfide) groups is 1. The van der Waals surface area contributed by atoms with Crippen molar-refractivity contribution in [2.24, 2.45) is 0 Å². The number of benzene rings is 1. The minimum atomic E-state index is -0.179. The van der Waals surface area contributed by atoms with Crippen molar-refractivity contribution in [3.63, 3.8) is 0 Å². The summed E-state index contributed by atoms with van der Waals surface area (Å²) in [5.41, 5.74) is 1.22. The van der Waals surface area contributed by atoms with Crippen LogP contribution >= 0.6 is 11.8 Å². The van der Waals surface area contributed by atoms with Crippen molar-refractivity contribution in [1.29, 1.82) is 0 Å². The van der Waals surface area contributed by atoms with E-state index in [0.717, 1.165) is 10.8 Å². The molecule has 0 fully saturated rings. The minimum absolute atomic E-state index is 0.114. The normalized spacial score (nSPS) is 9.77. The fourth-order valence-electron chi connectivity index (χ4n) is 1.62. The molecule has 6 heteroatoms. The zero-order valence-corrected chi connectivity index (χ0v) is 12.8. The first-order valence-electron chi connectivity index (χ1n) is 6.71. The van der Waals surface area contributed by atoms with Gasteiger partial charge in [-0.2, -0.15) is 0 Å². The average molecular weight is 312 g/mol. The monoisotopic (exact) mass is 312 g/mol. The standard InChI is InChI=1S/C16H16N4OS/c1-2-8-18-15(21)10-19-14-9-17-11-16(20-14)22-12-13-6-4-3-5-7-13/h1,3-7,9,11H,8,10,12H2,(H,18,21)(H,19,20). The second-order valence-corrected chi connectivity index (χ2v) is 5.35. The van der Waals surface area contributed by atoms with Crippen LogP contribution in [0.15, 0.2) is 47.8 Å². The van der Waals surface area contributed by atoms with Crippen molar-refractivity contribution >= 4 is 23.5 Å². The second-order valence-electron chi connectivity index (χ2n) is 4.35. The molecule has 0 saturated carbocycles. The third-order valence-electron chi connectivity index (χ3n) is 2.66. The van der Waals surface area contributed by atoms with Crippen LogP contribution in [-0.4, -0.2) is 29.0 Å². The van der Waals surface area contributed by atoms with E-state index in [1.807, 2.05) is 18.2 Å². The summed E-state index contributed by atoms with van der Waals surface area (Å²) in [5.74, 6) is 3.55. The summed E-state index contributed by atoms with van der Waals surface area (Å²) < 4.78 is 0. The fraction of sp³-hybridized carbons (Fsp3) is 0.188. The summed E-state index contributed by atoms with van der Waals surface area (Å²) in [5, 5.41) is 6.30. The summed E-state index contributed by atoms with van der Waals surface area (Å²) in [6.45, 7) is 0.336. The maximum Gasteiger partial charge on any atom is 0.240 e. The molecule has 0 saturated heterocycles. The summed E-state index contributed by atoms with van der Waals surface area (Å²) in [6, 6.07) is 10.1. The highest BCUT2D eigenvalue weighted by atomic mass is 32.2. The van der Waals surface area contributed by atoms with Crippen molar-refractivity contribution in [3.8, 4) is 12.3 Å². The lowest BCUT2D eigenvalue weighted by molar-refractivity contribution is -0.119. The Labute approximate surface area is 134 Å². The number of carbonyl (C=O) groups is 1. The Bertz CT molecular complexity index is 655. The molecule has 0 bridgehead atoms. The zero-order valence-electron chi connectivity index (χ0n) is 12.0. The van der Waals surface area contributed by atoms with Gasteiger partial charge in [-0.3, -0.25) is 9.78 Å². The van der Waals surface area contributed by atoms with E-state index in [4.69, 9.17) is 6.42 Å². The van der Waals surface area contributed by atoms with Crippen molar-refractivity contribution in [2.45, 2.75) is 10.8 Å². The zero-order chi connectivity index (χ0) is 15.6. The molecule has 0 aliphatic heterocycles. The lowest BCUT2D eigenvalue weighted by Crippen LogP contribution is -2.30. The Morgan fingerprint density at radius 3 is 2.86 bits per heavy atom. The minimum Gasteiger partial charge on any atom is -0.360 e. The van der Waals surface area contributed by atoms with Gasteiger partial charge in [-0.1, -0.05) is 36.3 Å². The van der Waals surface area contributed by atoms with Crippen molar-refractivity contribution in [3.05, 3.63) is 48.3 Å². The van der Waals surface area contributed by atoms with Gasteiger partial charge in [0, 0.05) is 5.75 Å². The number of amides is 1. The lowest BCUT2D eigenvalue weighted by atomic mass is 10.2. The number of rotatable bonds is 7. The molecule has 0 radical (unpaired) electrons. The van der Waals surface area contributed by atoms with E-state index in [-0.39, 0.29) is 19.0 Å². The summed E-state index contributed by atoms with van der Waals surface area (Å²) in [7, 11) is 0. The smallest absolute Gasteiger partial charge is 0.240 e. The van der Waals surface area contributed by atoms with Gasteiger partial charge < -0.3 is 10.6 Å². The fourth-order valence-corrected chi connectivity index (χ4v) is 2.42. The topological polar surface area (TPSA) is 66.9 Å². The van der Waals surface area contributed by atoms with Crippen molar-refractivity contribution in [2.75, 3.05) is 18.4 Å². The third kappa shape index (κ3) is 5.46. The summed E-state index contributed by atoms with van der Waals surface area (Å²) >= 11 is 1.60. The average Bonchev–Trinajstić information content (AvgIpc) is 2.57. The highest BCUT2D eigenvalue weighted by Gasteiger charge is 2.03. The molecule has 5 nitrogen and oxygen atoms in total. The van der Waals surface area contributed by atoms with E-state index in [1.165, 1.54) is 5.56 Å². The Morgan fingerprint density at radius 2 is 2.09 bits per heavy atom. The van der Waals surface area contributed by atoms with E-state index < -0.39 is 0 Å². The van der Waals surface area contributed by atoms with Crippen molar-refractivity contribution < 1.29 is 4.79 Å². The molecule has 1 heterocycles. The van der Waals surface area contributed by atoms with Crippen LogP contribution in [-0.2, 0) is 10.5 Å². The van der Waals surface area contributed by atoms with E-state index in [0.29, 0.717) is 5.82 Å². The summed E-state index contributed by atoms with van der Waals surface area (Å²) in [6.07, 6.45) is 8.36. The van der Waals surface area contributed by atoms with E-state index in [9.17, 15) is 4.79 Å². The molecular weight excluding hydrogens is 296 g/mol. The predicted octanol–water partition coefficient (Wildman–Crippen LogP) is 1.93. The van der Waals surface area contributed by atoms with Crippen LogP contribution in [0, 0.1) is 12.3 Å². The number of hydrogen-bond donors (Lipinski definition) is 2. The van der Waals surface area contributed by atoms with Gasteiger partial charge in [-0.25, -0.2) is 4.98 Å². The van der Waals surface area contributed by atoms with Crippen LogP contribution < -0.4 is 10.6 Å². The van der Waals surface area contributed by atoms with Gasteiger partial charge >= 0.3 is 0 Å². The molecular formula is C16H16N4OS. The first-order chi connectivity index (χ1) is 10.8. The van der Waals surface area contributed by atoms with Crippen LogP contribution in [0.1, 0.15) is 5.56 Å². The molecule has 1 aromatic heterocycles. The molecule has 0 aliphatic carbocycles. The number of anilines is 1. The predicted molar refractivity (Wildman–Crippen MR) is 88.4 cm³/mol. The van der Waals surface area contributed by atoms with E-state index >= 15 is 0 Å². The molecule has 112 valence electrons. The Hall–Kier alpha value is -2.52. The molecule has 2 rings (SSSR count). The lowest BCUT2D eigenvalue weighted by Gasteiger charge is -2.06. The first kappa shape index (κ1) is 15.9. The maximum atomic E-state index is 11.4. The second kappa shape index (κ2) is 8.70. The van der Waals surface area contributed by atoms with Gasteiger partial charge in [0.2, 0.25) is 5.91 Å². The van der Waals surface area contributed by atoms with Crippen LogP contribution in [0.3, 0.4) is 0 Å². The van der Waals surface area contributed by atoms with Crippen LogP contribution in [0.25, 0.3) is 0 Å². The largest absolute Gasteiger partial charge is 0.360 e. The van der Waals surface area contributed by atoms with Gasteiger partial charge in [-0.15, -0.1) is 18.2 Å². The number of aromatic nitrogens is 2. The molecule has 0 aliphatic rings. The molecule has 1 aromatic carbocycles. The van der Waals surface area contributed by atoms with E-state index in [2.05, 4.69) is 38.7 Å². The van der Waals surface area contributed by atoms with Crippen LogP contribution in [0.4, 0.5) is 5.82 Å². The SMILES string of the molecule is C#CCNC(=O)CNc1cncc(SCc2ccccc2)n1. The quantitative estimate of drug-likeness (QED) is 0.604. The van der Waals surface area contributed by atoms with Gasteiger partial charge in [-0.05, 0) is 5.56 Å². The van der Waals surface area contributed by atoms with E-state index in [1.54, 1.807) is 24.2 Å². The number of carbonyl (C=O) groups excluding carboxylic acids is 1. The Kier molecular flexibility index (Phi) is 6.27. The Morgan fingerprint density at radius 1 is 1.27 bits per heavy atom. The van der Waals surface area contributed by atoms with Gasteiger partial charge in [0.1, 0.15) is 10.8 Å². The van der Waals surface area contributed by atoms with Crippen LogP contribution in [0.2, 0.25) is 0 Å². The highest BCUT2D eigenvalue weighted by Crippen LogP contribution is 2.20. The highest BCUT2D eigenvalue weighted by molar-refractivity contribution is 7.98. The Balaban J connectivity index is 1.84. The molecule has 0 atom stereocenters. The third-order valence-corrected chi connectivity index (χ3v) is 3.63. The van der Waals surface area contributed by atoms with Gasteiger partial charge in [0.25, 0.3) is 0 Å². The molecule has 2 N–H and O–H groups in total. The molecule has 1 amide bonds.